The van der Waals surface area contributed by atoms with E-state index in [0.717, 1.165) is 33.8 Å². The Labute approximate surface area is 152 Å². The number of aromatic nitrogens is 1. The molecule has 128 valence electrons. The summed E-state index contributed by atoms with van der Waals surface area (Å²) in [5, 5.41) is 4.05. The summed E-state index contributed by atoms with van der Waals surface area (Å²) in [4.78, 5) is 18.2. The highest BCUT2D eigenvalue weighted by Crippen LogP contribution is 2.28. The Morgan fingerprint density at radius 2 is 1.76 bits per heavy atom. The van der Waals surface area contributed by atoms with Crippen LogP contribution in [0.5, 0.6) is 0 Å². The zero-order valence-electron chi connectivity index (χ0n) is 14.8. The normalized spacial score (nSPS) is 10.7. The molecule has 1 N–H and O–H groups in total. The number of thiazole rings is 1. The van der Waals surface area contributed by atoms with Crippen molar-refractivity contribution < 1.29 is 4.79 Å². The molecule has 0 fully saturated rings. The summed E-state index contributed by atoms with van der Waals surface area (Å²) in [5.74, 6) is -0.0148. The van der Waals surface area contributed by atoms with Crippen molar-refractivity contribution in [3.8, 4) is 10.6 Å². The van der Waals surface area contributed by atoms with Crippen LogP contribution in [0.3, 0.4) is 0 Å². The van der Waals surface area contributed by atoms with E-state index in [9.17, 15) is 4.79 Å². The lowest BCUT2D eigenvalue weighted by molar-refractivity contribution is 0.0953. The van der Waals surface area contributed by atoms with Crippen molar-refractivity contribution in [3.05, 3.63) is 75.8 Å². The van der Waals surface area contributed by atoms with E-state index in [-0.39, 0.29) is 5.91 Å². The Balaban J connectivity index is 1.63. The highest BCUT2D eigenvalue weighted by molar-refractivity contribution is 7.15. The average Bonchev–Trinajstić information content (AvgIpc) is 2.97. The minimum atomic E-state index is -0.0148. The van der Waals surface area contributed by atoms with Crippen molar-refractivity contribution in [3.63, 3.8) is 0 Å². The van der Waals surface area contributed by atoms with Crippen molar-refractivity contribution in [2.45, 2.75) is 27.2 Å². The lowest BCUT2D eigenvalue weighted by Crippen LogP contribution is -2.26. The molecule has 0 saturated heterocycles. The number of nitrogens with one attached hydrogen (secondary N) is 1. The SMILES string of the molecule is Cc1ccc(-c2nc(C)c(CCNC(=O)c3ccccc3C)s2)cc1. The Morgan fingerprint density at radius 1 is 1.04 bits per heavy atom. The molecule has 0 aliphatic carbocycles. The first-order valence-corrected chi connectivity index (χ1v) is 9.23. The van der Waals surface area contributed by atoms with Gasteiger partial charge in [0.15, 0.2) is 0 Å². The van der Waals surface area contributed by atoms with Crippen molar-refractivity contribution >= 4 is 17.2 Å². The van der Waals surface area contributed by atoms with Gasteiger partial charge in [0.1, 0.15) is 5.01 Å². The molecule has 0 unspecified atom stereocenters. The fourth-order valence-electron chi connectivity index (χ4n) is 2.69. The molecule has 4 heteroatoms. The summed E-state index contributed by atoms with van der Waals surface area (Å²) in [6.45, 7) is 6.69. The number of amides is 1. The van der Waals surface area contributed by atoms with Crippen molar-refractivity contribution in [2.24, 2.45) is 0 Å². The Bertz CT molecular complexity index is 881. The fraction of sp³-hybridized carbons (Fsp3) is 0.238. The van der Waals surface area contributed by atoms with Crippen LogP contribution in [-0.2, 0) is 6.42 Å². The molecule has 0 aliphatic rings. The molecule has 0 bridgehead atoms. The minimum absolute atomic E-state index is 0.0148. The first kappa shape index (κ1) is 17.4. The number of nitrogens with zero attached hydrogens (tertiary/aromatic N) is 1. The average molecular weight is 350 g/mol. The molecule has 0 atom stereocenters. The Hall–Kier alpha value is -2.46. The zero-order chi connectivity index (χ0) is 17.8. The van der Waals surface area contributed by atoms with Gasteiger partial charge in [0.2, 0.25) is 0 Å². The third-order valence-corrected chi connectivity index (χ3v) is 5.48. The third kappa shape index (κ3) is 4.15. The highest BCUT2D eigenvalue weighted by Gasteiger charge is 2.11. The molecular formula is C21H22N2OS. The second-order valence-electron chi connectivity index (χ2n) is 6.21. The van der Waals surface area contributed by atoms with Gasteiger partial charge in [0.05, 0.1) is 5.69 Å². The molecule has 0 aliphatic heterocycles. The van der Waals surface area contributed by atoms with Gasteiger partial charge in [0.25, 0.3) is 5.91 Å². The van der Waals surface area contributed by atoms with E-state index in [2.05, 4.69) is 41.5 Å². The number of benzene rings is 2. The summed E-state index contributed by atoms with van der Waals surface area (Å²) in [6.07, 6.45) is 0.799. The molecule has 25 heavy (non-hydrogen) atoms. The van der Waals surface area contributed by atoms with Gasteiger partial charge in [-0.2, -0.15) is 0 Å². The van der Waals surface area contributed by atoms with Crippen LogP contribution in [0, 0.1) is 20.8 Å². The van der Waals surface area contributed by atoms with Gasteiger partial charge in [-0.25, -0.2) is 4.98 Å². The third-order valence-electron chi connectivity index (χ3n) is 4.22. The van der Waals surface area contributed by atoms with Crippen LogP contribution in [-0.4, -0.2) is 17.4 Å². The number of rotatable bonds is 5. The quantitative estimate of drug-likeness (QED) is 0.724. The van der Waals surface area contributed by atoms with Gasteiger partial charge in [-0.1, -0.05) is 48.0 Å². The van der Waals surface area contributed by atoms with E-state index in [1.54, 1.807) is 11.3 Å². The van der Waals surface area contributed by atoms with Crippen molar-refractivity contribution in [2.75, 3.05) is 6.54 Å². The maximum Gasteiger partial charge on any atom is 0.251 e. The predicted octanol–water partition coefficient (Wildman–Crippen LogP) is 4.71. The molecule has 1 amide bonds. The van der Waals surface area contributed by atoms with Crippen LogP contribution < -0.4 is 5.32 Å². The summed E-state index contributed by atoms with van der Waals surface area (Å²) >= 11 is 1.71. The predicted molar refractivity (Wildman–Crippen MR) is 104 cm³/mol. The number of hydrogen-bond acceptors (Lipinski definition) is 3. The number of hydrogen-bond donors (Lipinski definition) is 1. The van der Waals surface area contributed by atoms with Gasteiger partial charge in [-0.15, -0.1) is 11.3 Å². The molecular weight excluding hydrogens is 328 g/mol. The van der Waals surface area contributed by atoms with Crippen molar-refractivity contribution in [1.29, 1.82) is 0 Å². The Morgan fingerprint density at radius 3 is 2.48 bits per heavy atom. The first-order chi connectivity index (χ1) is 12.0. The second-order valence-corrected chi connectivity index (χ2v) is 7.30. The highest BCUT2D eigenvalue weighted by atomic mass is 32.1. The van der Waals surface area contributed by atoms with Crippen LogP contribution in [0.4, 0.5) is 0 Å². The maximum atomic E-state index is 12.3. The minimum Gasteiger partial charge on any atom is -0.352 e. The van der Waals surface area contributed by atoms with E-state index >= 15 is 0 Å². The van der Waals surface area contributed by atoms with Crippen LogP contribution in [0.2, 0.25) is 0 Å². The molecule has 1 aromatic heterocycles. The molecule has 0 radical (unpaired) electrons. The molecule has 3 rings (SSSR count). The van der Waals surface area contributed by atoms with E-state index < -0.39 is 0 Å². The molecule has 0 saturated carbocycles. The van der Waals surface area contributed by atoms with Gasteiger partial charge < -0.3 is 5.32 Å². The van der Waals surface area contributed by atoms with Crippen LogP contribution in [0.15, 0.2) is 48.5 Å². The fourth-order valence-corrected chi connectivity index (χ4v) is 3.76. The monoisotopic (exact) mass is 350 g/mol. The number of carbonyl (C=O) groups excluding carboxylic acids is 1. The molecule has 3 aromatic rings. The van der Waals surface area contributed by atoms with Gasteiger partial charge >= 0.3 is 0 Å². The topological polar surface area (TPSA) is 42.0 Å². The molecule has 3 nitrogen and oxygen atoms in total. The standard InChI is InChI=1S/C21H22N2OS/c1-14-8-10-17(11-9-14)21-23-16(3)19(25-21)12-13-22-20(24)18-7-5-4-6-15(18)2/h4-11H,12-13H2,1-3H3,(H,22,24). The van der Waals surface area contributed by atoms with Crippen LogP contribution >= 0.6 is 11.3 Å². The second kappa shape index (κ2) is 7.62. The lowest BCUT2D eigenvalue weighted by atomic mass is 10.1. The number of carbonyl (C=O) groups is 1. The molecule has 0 spiro atoms. The largest absolute Gasteiger partial charge is 0.352 e. The molecule has 1 heterocycles. The first-order valence-electron chi connectivity index (χ1n) is 8.42. The Kier molecular flexibility index (Phi) is 5.29. The summed E-state index contributed by atoms with van der Waals surface area (Å²) in [6, 6.07) is 16.1. The van der Waals surface area contributed by atoms with Gasteiger partial charge in [-0.3, -0.25) is 4.79 Å². The van der Waals surface area contributed by atoms with Crippen LogP contribution in [0.25, 0.3) is 10.6 Å². The summed E-state index contributed by atoms with van der Waals surface area (Å²) in [5.41, 5.74) is 5.18. The van der Waals surface area contributed by atoms with Crippen LogP contribution in [0.1, 0.15) is 32.1 Å². The van der Waals surface area contributed by atoms with E-state index in [1.807, 2.05) is 38.1 Å². The number of aryl methyl sites for hydroxylation is 3. The molecule has 2 aromatic carbocycles. The smallest absolute Gasteiger partial charge is 0.251 e. The maximum absolute atomic E-state index is 12.3. The van der Waals surface area contributed by atoms with Gasteiger partial charge in [-0.05, 0) is 32.4 Å². The van der Waals surface area contributed by atoms with E-state index in [4.69, 9.17) is 0 Å². The zero-order valence-corrected chi connectivity index (χ0v) is 15.6. The van der Waals surface area contributed by atoms with Crippen molar-refractivity contribution in [1.82, 2.24) is 10.3 Å². The van der Waals surface area contributed by atoms with Gasteiger partial charge in [0, 0.05) is 29.0 Å². The van der Waals surface area contributed by atoms with E-state index in [1.165, 1.54) is 10.4 Å². The lowest BCUT2D eigenvalue weighted by Gasteiger charge is -2.07. The summed E-state index contributed by atoms with van der Waals surface area (Å²) in [7, 11) is 0. The van der Waals surface area contributed by atoms with E-state index in [0.29, 0.717) is 6.54 Å². The summed E-state index contributed by atoms with van der Waals surface area (Å²) < 4.78 is 0.